The lowest BCUT2D eigenvalue weighted by Gasteiger charge is -2.31. The summed E-state index contributed by atoms with van der Waals surface area (Å²) in [5, 5.41) is 2.60. The fraction of sp³-hybridized carbons (Fsp3) is 0.562. The monoisotopic (exact) mass is 330 g/mol. The first-order chi connectivity index (χ1) is 10.5. The van der Waals surface area contributed by atoms with Gasteiger partial charge in [-0.15, -0.1) is 0 Å². The number of carbonyl (C=O) groups excluding carboxylic acids is 1. The topological polar surface area (TPSA) is 73.6 Å². The Kier molecular flexibility index (Phi) is 5.93. The largest absolute Gasteiger partial charge is 0.493 e. The number of alkyl carbamates (subject to hydrolysis) is 1. The van der Waals surface area contributed by atoms with Gasteiger partial charge in [-0.1, -0.05) is 13.0 Å². The van der Waals surface area contributed by atoms with E-state index in [4.69, 9.17) is 15.2 Å². The second kappa shape index (κ2) is 7.12. The summed E-state index contributed by atoms with van der Waals surface area (Å²) in [6.45, 7) is 7.12. The van der Waals surface area contributed by atoms with Gasteiger partial charge in [0.1, 0.15) is 5.60 Å². The lowest BCUT2D eigenvalue weighted by Crippen LogP contribution is -2.45. The number of benzene rings is 1. The molecule has 0 radical (unpaired) electrons. The number of halogens is 2. The van der Waals surface area contributed by atoms with Crippen molar-refractivity contribution in [3.63, 3.8) is 0 Å². The molecular formula is C16H24F2N2O3. The van der Waals surface area contributed by atoms with Crippen LogP contribution in [0.25, 0.3) is 0 Å². The van der Waals surface area contributed by atoms with Crippen molar-refractivity contribution in [2.45, 2.75) is 38.7 Å². The molecule has 1 aromatic carbocycles. The Hall–Kier alpha value is -1.89. The van der Waals surface area contributed by atoms with E-state index < -0.39 is 28.7 Å². The van der Waals surface area contributed by atoms with Crippen LogP contribution >= 0.6 is 0 Å². The van der Waals surface area contributed by atoms with Crippen LogP contribution in [0.2, 0.25) is 0 Å². The molecule has 130 valence electrons. The molecule has 0 saturated carbocycles. The van der Waals surface area contributed by atoms with Gasteiger partial charge in [0, 0.05) is 24.1 Å². The Balaban J connectivity index is 3.02. The summed E-state index contributed by atoms with van der Waals surface area (Å²) in [4.78, 5) is 11.8. The highest BCUT2D eigenvalue weighted by molar-refractivity contribution is 5.68. The van der Waals surface area contributed by atoms with Crippen LogP contribution in [0.15, 0.2) is 12.1 Å². The first-order valence-electron chi connectivity index (χ1n) is 7.23. The minimum Gasteiger partial charge on any atom is -0.493 e. The summed E-state index contributed by atoms with van der Waals surface area (Å²) in [6.07, 6.45) is -0.612. The Labute approximate surface area is 135 Å². The third kappa shape index (κ3) is 4.79. The normalized spacial score (nSPS) is 14.1. The van der Waals surface area contributed by atoms with E-state index in [2.05, 4.69) is 5.32 Å². The van der Waals surface area contributed by atoms with Crippen molar-refractivity contribution in [2.75, 3.05) is 20.2 Å². The minimum absolute atomic E-state index is 0.0832. The molecule has 3 N–H and O–H groups in total. The second-order valence-electron chi connectivity index (χ2n) is 6.56. The second-order valence-corrected chi connectivity index (χ2v) is 6.56. The molecule has 0 bridgehead atoms. The van der Waals surface area contributed by atoms with E-state index >= 15 is 0 Å². The number of carbonyl (C=O) groups is 1. The van der Waals surface area contributed by atoms with Gasteiger partial charge in [0.05, 0.1) is 7.11 Å². The van der Waals surface area contributed by atoms with Crippen LogP contribution < -0.4 is 15.8 Å². The number of hydrogen-bond donors (Lipinski definition) is 2. The number of amides is 1. The number of ether oxygens (including phenoxy) is 2. The predicted octanol–water partition coefficient (Wildman–Crippen LogP) is 2.71. The molecule has 0 aliphatic rings. The van der Waals surface area contributed by atoms with E-state index in [-0.39, 0.29) is 18.8 Å². The Morgan fingerprint density at radius 3 is 2.35 bits per heavy atom. The maximum absolute atomic E-state index is 13.9. The molecule has 0 aliphatic heterocycles. The molecule has 0 aliphatic carbocycles. The molecule has 0 aromatic heterocycles. The lowest BCUT2D eigenvalue weighted by atomic mass is 9.81. The average molecular weight is 330 g/mol. The maximum Gasteiger partial charge on any atom is 0.407 e. The highest BCUT2D eigenvalue weighted by atomic mass is 19.2. The standard InChI is InChI=1S/C16H24F2N2O3/c1-15(2,3)23-14(21)20-9-16(4,8-19)10-6-7-11(17)12(18)13(10)22-5/h6-7H,8-9,19H2,1-5H3,(H,20,21). The van der Waals surface area contributed by atoms with E-state index in [1.54, 1.807) is 27.7 Å². The van der Waals surface area contributed by atoms with Gasteiger partial charge in [0.15, 0.2) is 11.6 Å². The summed E-state index contributed by atoms with van der Waals surface area (Å²) >= 11 is 0. The third-order valence-corrected chi connectivity index (χ3v) is 3.38. The van der Waals surface area contributed by atoms with Gasteiger partial charge in [-0.05, 0) is 26.8 Å². The number of nitrogens with one attached hydrogen (secondary N) is 1. The van der Waals surface area contributed by atoms with Crippen LogP contribution in [0.5, 0.6) is 5.75 Å². The molecular weight excluding hydrogens is 306 g/mol. The van der Waals surface area contributed by atoms with Crippen molar-refractivity contribution >= 4 is 6.09 Å². The zero-order valence-electron chi connectivity index (χ0n) is 14.1. The van der Waals surface area contributed by atoms with Crippen molar-refractivity contribution in [1.82, 2.24) is 5.32 Å². The van der Waals surface area contributed by atoms with E-state index in [0.717, 1.165) is 6.07 Å². The van der Waals surface area contributed by atoms with Gasteiger partial charge < -0.3 is 20.5 Å². The highest BCUT2D eigenvalue weighted by Crippen LogP contribution is 2.34. The van der Waals surface area contributed by atoms with Gasteiger partial charge in [0.2, 0.25) is 5.82 Å². The smallest absolute Gasteiger partial charge is 0.407 e. The van der Waals surface area contributed by atoms with Crippen molar-refractivity contribution in [3.05, 3.63) is 29.3 Å². The van der Waals surface area contributed by atoms with Crippen LogP contribution in [0.4, 0.5) is 13.6 Å². The summed E-state index contributed by atoms with van der Waals surface area (Å²) in [5.74, 6) is -2.31. The van der Waals surface area contributed by atoms with Crippen molar-refractivity contribution in [3.8, 4) is 5.75 Å². The van der Waals surface area contributed by atoms with Crippen molar-refractivity contribution < 1.29 is 23.0 Å². The number of rotatable bonds is 5. The van der Waals surface area contributed by atoms with Crippen LogP contribution in [0.3, 0.4) is 0 Å². The van der Waals surface area contributed by atoms with E-state index in [0.29, 0.717) is 5.56 Å². The first kappa shape index (κ1) is 19.2. The quantitative estimate of drug-likeness (QED) is 0.870. The lowest BCUT2D eigenvalue weighted by molar-refractivity contribution is 0.0516. The molecule has 1 unspecified atom stereocenters. The van der Waals surface area contributed by atoms with Crippen LogP contribution in [0.1, 0.15) is 33.3 Å². The first-order valence-corrected chi connectivity index (χ1v) is 7.23. The molecule has 1 rings (SSSR count). The zero-order chi connectivity index (χ0) is 17.8. The summed E-state index contributed by atoms with van der Waals surface area (Å²) in [6, 6.07) is 2.41. The predicted molar refractivity (Wildman–Crippen MR) is 83.6 cm³/mol. The van der Waals surface area contributed by atoms with Gasteiger partial charge in [-0.25, -0.2) is 9.18 Å². The number of hydrogen-bond acceptors (Lipinski definition) is 4. The van der Waals surface area contributed by atoms with Gasteiger partial charge in [-0.3, -0.25) is 0 Å². The number of nitrogens with two attached hydrogens (primary N) is 1. The average Bonchev–Trinajstić information content (AvgIpc) is 2.45. The van der Waals surface area contributed by atoms with Gasteiger partial charge in [0.25, 0.3) is 0 Å². The molecule has 23 heavy (non-hydrogen) atoms. The van der Waals surface area contributed by atoms with Crippen LogP contribution in [-0.4, -0.2) is 31.9 Å². The van der Waals surface area contributed by atoms with E-state index in [9.17, 15) is 13.6 Å². The molecule has 0 saturated heterocycles. The summed E-state index contributed by atoms with van der Waals surface area (Å²) in [5.41, 5.74) is 4.69. The highest BCUT2D eigenvalue weighted by Gasteiger charge is 2.32. The Morgan fingerprint density at radius 2 is 1.87 bits per heavy atom. The van der Waals surface area contributed by atoms with E-state index in [1.807, 2.05) is 0 Å². The SMILES string of the molecule is COc1c(C(C)(CN)CNC(=O)OC(C)(C)C)ccc(F)c1F. The van der Waals surface area contributed by atoms with Crippen LogP contribution in [-0.2, 0) is 10.2 Å². The fourth-order valence-electron chi connectivity index (χ4n) is 2.07. The molecule has 5 nitrogen and oxygen atoms in total. The number of methoxy groups -OCH3 is 1. The van der Waals surface area contributed by atoms with Gasteiger partial charge in [-0.2, -0.15) is 4.39 Å². The van der Waals surface area contributed by atoms with E-state index in [1.165, 1.54) is 13.2 Å². The fourth-order valence-corrected chi connectivity index (χ4v) is 2.07. The molecule has 0 spiro atoms. The minimum atomic E-state index is -1.08. The summed E-state index contributed by atoms with van der Waals surface area (Å²) < 4.78 is 37.4. The molecule has 1 atom stereocenters. The Morgan fingerprint density at radius 1 is 1.26 bits per heavy atom. The zero-order valence-corrected chi connectivity index (χ0v) is 14.1. The third-order valence-electron chi connectivity index (χ3n) is 3.38. The van der Waals surface area contributed by atoms with Crippen molar-refractivity contribution in [1.29, 1.82) is 0 Å². The van der Waals surface area contributed by atoms with Gasteiger partial charge >= 0.3 is 6.09 Å². The molecule has 7 heteroatoms. The Bertz CT molecular complexity index is 573. The van der Waals surface area contributed by atoms with Crippen LogP contribution in [0, 0.1) is 11.6 Å². The maximum atomic E-state index is 13.9. The molecule has 0 fully saturated rings. The molecule has 0 heterocycles. The summed E-state index contributed by atoms with van der Waals surface area (Å²) in [7, 11) is 1.25. The molecule has 1 amide bonds. The van der Waals surface area contributed by atoms with Crippen molar-refractivity contribution in [2.24, 2.45) is 5.73 Å². The molecule has 1 aromatic rings.